The minimum absolute atomic E-state index is 0.0742. The van der Waals surface area contributed by atoms with Crippen molar-refractivity contribution in [1.29, 1.82) is 5.26 Å². The maximum Gasteiger partial charge on any atom is 0.228 e. The van der Waals surface area contributed by atoms with Crippen LogP contribution >= 0.6 is 12.6 Å². The van der Waals surface area contributed by atoms with E-state index in [1.807, 2.05) is 6.07 Å². The summed E-state index contributed by atoms with van der Waals surface area (Å²) in [7, 11) is 0. The van der Waals surface area contributed by atoms with Gasteiger partial charge in [0.1, 0.15) is 0 Å². The molecule has 3 nitrogen and oxygen atoms in total. The van der Waals surface area contributed by atoms with Gasteiger partial charge < -0.3 is 4.90 Å². The zero-order valence-corrected chi connectivity index (χ0v) is 8.95. The van der Waals surface area contributed by atoms with Gasteiger partial charge in [-0.15, -0.1) is 0 Å². The minimum Gasteiger partial charge on any atom is -0.311 e. The van der Waals surface area contributed by atoms with Gasteiger partial charge in [-0.25, -0.2) is 0 Å². The number of amides is 1. The van der Waals surface area contributed by atoms with E-state index in [4.69, 9.17) is 5.26 Å². The van der Waals surface area contributed by atoms with Crippen molar-refractivity contribution in [3.05, 3.63) is 29.8 Å². The quantitative estimate of drug-likeness (QED) is 0.727. The Morgan fingerprint density at radius 1 is 1.53 bits per heavy atom. The van der Waals surface area contributed by atoms with Gasteiger partial charge in [-0.2, -0.15) is 17.9 Å². The summed E-state index contributed by atoms with van der Waals surface area (Å²) in [6.07, 6.45) is 0.472. The number of carbonyl (C=O) groups is 1. The van der Waals surface area contributed by atoms with Gasteiger partial charge >= 0.3 is 0 Å². The molecular weight excluding hydrogens is 208 g/mol. The second-order valence-corrected chi connectivity index (χ2v) is 4.25. The van der Waals surface area contributed by atoms with Crippen molar-refractivity contribution in [1.82, 2.24) is 0 Å². The Morgan fingerprint density at radius 2 is 2.33 bits per heavy atom. The van der Waals surface area contributed by atoms with E-state index in [0.29, 0.717) is 18.5 Å². The number of nitriles is 1. The lowest BCUT2D eigenvalue weighted by Gasteiger charge is -2.15. The van der Waals surface area contributed by atoms with E-state index in [0.717, 1.165) is 5.69 Å². The molecule has 0 radical (unpaired) electrons. The molecule has 1 aromatic carbocycles. The fourth-order valence-corrected chi connectivity index (χ4v) is 2.00. The fourth-order valence-electron chi connectivity index (χ4n) is 1.68. The Bertz CT molecular complexity index is 438. The standard InChI is InChI=1S/C11H10N2OS/c12-6-8-2-1-3-9(4-8)13-7-10(15)5-11(13)14/h1-4,10,15H,5,7H2. The predicted octanol–water partition coefficient (Wildman–Crippen LogP) is 1.59. The van der Waals surface area contributed by atoms with Crippen LogP contribution in [-0.2, 0) is 4.79 Å². The molecule has 0 spiro atoms. The highest BCUT2D eigenvalue weighted by molar-refractivity contribution is 7.81. The Morgan fingerprint density at radius 3 is 2.93 bits per heavy atom. The number of carbonyl (C=O) groups excluding carboxylic acids is 1. The summed E-state index contributed by atoms with van der Waals surface area (Å²) < 4.78 is 0. The number of anilines is 1. The lowest BCUT2D eigenvalue weighted by atomic mass is 10.2. The molecule has 1 fully saturated rings. The van der Waals surface area contributed by atoms with E-state index < -0.39 is 0 Å². The molecule has 0 bridgehead atoms. The zero-order valence-electron chi connectivity index (χ0n) is 8.05. The average Bonchev–Trinajstić information content (AvgIpc) is 2.58. The van der Waals surface area contributed by atoms with Crippen LogP contribution in [0.2, 0.25) is 0 Å². The molecule has 1 aliphatic rings. The lowest BCUT2D eigenvalue weighted by Crippen LogP contribution is -2.24. The SMILES string of the molecule is N#Cc1cccc(N2CC(S)CC2=O)c1. The summed E-state index contributed by atoms with van der Waals surface area (Å²) in [4.78, 5) is 13.3. The number of hydrogen-bond acceptors (Lipinski definition) is 3. The van der Waals surface area contributed by atoms with Crippen LogP contribution in [0.4, 0.5) is 5.69 Å². The largest absolute Gasteiger partial charge is 0.311 e. The molecular formula is C11H10N2OS. The molecule has 0 saturated carbocycles. The van der Waals surface area contributed by atoms with Gasteiger partial charge in [0.25, 0.3) is 0 Å². The number of hydrogen-bond donors (Lipinski definition) is 1. The van der Waals surface area contributed by atoms with Crippen LogP contribution in [0.1, 0.15) is 12.0 Å². The molecule has 1 amide bonds. The van der Waals surface area contributed by atoms with Gasteiger partial charge in [0.2, 0.25) is 5.91 Å². The van der Waals surface area contributed by atoms with E-state index in [9.17, 15) is 4.79 Å². The van der Waals surface area contributed by atoms with Crippen molar-refractivity contribution in [2.45, 2.75) is 11.7 Å². The molecule has 4 heteroatoms. The van der Waals surface area contributed by atoms with E-state index in [1.54, 1.807) is 23.1 Å². The zero-order chi connectivity index (χ0) is 10.8. The Hall–Kier alpha value is -1.47. The van der Waals surface area contributed by atoms with Crippen LogP contribution in [0.3, 0.4) is 0 Å². The van der Waals surface area contributed by atoms with E-state index >= 15 is 0 Å². The van der Waals surface area contributed by atoms with Crippen molar-refractivity contribution in [2.75, 3.05) is 11.4 Å². The summed E-state index contributed by atoms with van der Waals surface area (Å²) in [5.41, 5.74) is 1.36. The molecule has 0 aromatic heterocycles. The third-order valence-electron chi connectivity index (χ3n) is 2.39. The van der Waals surface area contributed by atoms with E-state index in [1.165, 1.54) is 0 Å². The van der Waals surface area contributed by atoms with Gasteiger partial charge in [-0.3, -0.25) is 4.79 Å². The molecule has 1 aliphatic heterocycles. The Kier molecular flexibility index (Phi) is 2.65. The molecule has 1 atom stereocenters. The summed E-state index contributed by atoms with van der Waals surface area (Å²) in [6, 6.07) is 9.13. The highest BCUT2D eigenvalue weighted by Crippen LogP contribution is 2.24. The molecule has 1 heterocycles. The molecule has 1 saturated heterocycles. The first-order chi connectivity index (χ1) is 7.20. The van der Waals surface area contributed by atoms with Gasteiger partial charge in [0.05, 0.1) is 11.6 Å². The van der Waals surface area contributed by atoms with Crippen molar-refractivity contribution in [3.63, 3.8) is 0 Å². The molecule has 1 aromatic rings. The monoisotopic (exact) mass is 218 g/mol. The predicted molar refractivity (Wildman–Crippen MR) is 60.9 cm³/mol. The topological polar surface area (TPSA) is 44.1 Å². The third kappa shape index (κ3) is 1.97. The number of nitrogens with zero attached hydrogens (tertiary/aromatic N) is 2. The van der Waals surface area contributed by atoms with Crippen LogP contribution in [0.15, 0.2) is 24.3 Å². The lowest BCUT2D eigenvalue weighted by molar-refractivity contribution is -0.117. The van der Waals surface area contributed by atoms with Crippen LogP contribution in [0, 0.1) is 11.3 Å². The number of benzene rings is 1. The minimum atomic E-state index is 0.0742. The van der Waals surface area contributed by atoms with Gasteiger partial charge in [0.15, 0.2) is 0 Å². The number of thiol groups is 1. The average molecular weight is 218 g/mol. The first-order valence-corrected chi connectivity index (χ1v) is 5.21. The van der Waals surface area contributed by atoms with E-state index in [2.05, 4.69) is 18.7 Å². The normalized spacial score (nSPS) is 20.4. The fraction of sp³-hybridized carbons (Fsp3) is 0.273. The van der Waals surface area contributed by atoms with Crippen LogP contribution in [-0.4, -0.2) is 17.7 Å². The summed E-state index contributed by atoms with van der Waals surface area (Å²) in [5, 5.41) is 8.85. The number of rotatable bonds is 1. The molecule has 2 rings (SSSR count). The maximum atomic E-state index is 11.6. The molecule has 0 N–H and O–H groups in total. The van der Waals surface area contributed by atoms with Crippen molar-refractivity contribution >= 4 is 24.2 Å². The smallest absolute Gasteiger partial charge is 0.228 e. The van der Waals surface area contributed by atoms with Gasteiger partial charge in [0, 0.05) is 23.9 Å². The van der Waals surface area contributed by atoms with Crippen LogP contribution in [0.5, 0.6) is 0 Å². The summed E-state index contributed by atoms with van der Waals surface area (Å²) >= 11 is 4.28. The molecule has 76 valence electrons. The first-order valence-electron chi connectivity index (χ1n) is 4.69. The Balaban J connectivity index is 2.30. The summed E-state index contributed by atoms with van der Waals surface area (Å²) in [6.45, 7) is 0.622. The highest BCUT2D eigenvalue weighted by atomic mass is 32.1. The van der Waals surface area contributed by atoms with Crippen molar-refractivity contribution in [3.8, 4) is 6.07 Å². The Labute approximate surface area is 93.7 Å². The summed E-state index contributed by atoms with van der Waals surface area (Å²) in [5.74, 6) is 0.0742. The second-order valence-electron chi connectivity index (χ2n) is 3.52. The van der Waals surface area contributed by atoms with E-state index in [-0.39, 0.29) is 11.2 Å². The maximum absolute atomic E-state index is 11.6. The first kappa shape index (κ1) is 10.1. The second kappa shape index (κ2) is 3.95. The van der Waals surface area contributed by atoms with Gasteiger partial charge in [-0.05, 0) is 18.2 Å². The highest BCUT2D eigenvalue weighted by Gasteiger charge is 2.28. The molecule has 1 unspecified atom stereocenters. The van der Waals surface area contributed by atoms with Crippen molar-refractivity contribution < 1.29 is 4.79 Å². The van der Waals surface area contributed by atoms with Gasteiger partial charge in [-0.1, -0.05) is 6.07 Å². The van der Waals surface area contributed by atoms with Crippen LogP contribution in [0.25, 0.3) is 0 Å². The molecule has 0 aliphatic carbocycles. The third-order valence-corrected chi connectivity index (χ3v) is 2.74. The molecule has 15 heavy (non-hydrogen) atoms. The van der Waals surface area contributed by atoms with Crippen LogP contribution < -0.4 is 4.90 Å². The van der Waals surface area contributed by atoms with Crippen molar-refractivity contribution in [2.24, 2.45) is 0 Å².